The molecule has 0 unspecified atom stereocenters. The average molecular weight is 376 g/mol. The van der Waals surface area contributed by atoms with E-state index in [2.05, 4.69) is 16.0 Å². The number of aromatic nitrogens is 2. The van der Waals surface area contributed by atoms with E-state index in [9.17, 15) is 14.9 Å². The highest BCUT2D eigenvalue weighted by atomic mass is 32.1. The second-order valence-corrected chi connectivity index (χ2v) is 7.54. The maximum atomic E-state index is 12.9. The zero-order valence-corrected chi connectivity index (χ0v) is 15.2. The van der Waals surface area contributed by atoms with E-state index in [1.807, 2.05) is 42.5 Å². The fourth-order valence-corrected chi connectivity index (χ4v) is 4.31. The number of hydrogen-bond acceptors (Lipinski definition) is 6. The topological polar surface area (TPSA) is 87.0 Å². The van der Waals surface area contributed by atoms with E-state index in [0.717, 1.165) is 15.9 Å². The average Bonchev–Trinajstić information content (AvgIpc) is 3.27. The Morgan fingerprint density at radius 1 is 1.30 bits per heavy atom. The monoisotopic (exact) mass is 376 g/mol. The van der Waals surface area contributed by atoms with Gasteiger partial charge in [0, 0.05) is 25.1 Å². The molecule has 0 N–H and O–H groups in total. The van der Waals surface area contributed by atoms with Crippen molar-refractivity contribution in [3.8, 4) is 6.07 Å². The van der Waals surface area contributed by atoms with E-state index in [-0.39, 0.29) is 18.1 Å². The number of hydrogen-bond donors (Lipinski definition) is 0. The van der Waals surface area contributed by atoms with Crippen LogP contribution in [-0.2, 0) is 16.1 Å². The van der Waals surface area contributed by atoms with Gasteiger partial charge in [0.1, 0.15) is 5.01 Å². The third-order valence-electron chi connectivity index (χ3n) is 4.67. The first kappa shape index (κ1) is 17.3. The number of amides is 1. The van der Waals surface area contributed by atoms with Crippen molar-refractivity contribution in [3.63, 3.8) is 0 Å². The number of ketones is 1. The van der Waals surface area contributed by atoms with Crippen molar-refractivity contribution in [3.05, 3.63) is 59.4 Å². The number of pyridine rings is 1. The predicted molar refractivity (Wildman–Crippen MR) is 101 cm³/mol. The number of para-hydroxylation sites is 1. The molecule has 1 aromatic carbocycles. The van der Waals surface area contributed by atoms with Crippen LogP contribution in [-0.4, -0.2) is 33.1 Å². The van der Waals surface area contributed by atoms with Crippen LogP contribution in [0.2, 0.25) is 0 Å². The summed E-state index contributed by atoms with van der Waals surface area (Å²) in [6.45, 7) is 0.694. The van der Waals surface area contributed by atoms with Crippen LogP contribution in [0.5, 0.6) is 0 Å². The zero-order valence-electron chi connectivity index (χ0n) is 14.4. The highest BCUT2D eigenvalue weighted by Gasteiger charge is 2.39. The SMILES string of the molecule is N#C[C@H](C(=O)[C@@H]1CC(=O)N(Cc2ccccn2)C1)c1nc2ccccc2s1. The van der Waals surface area contributed by atoms with Gasteiger partial charge < -0.3 is 4.90 Å². The lowest BCUT2D eigenvalue weighted by Crippen LogP contribution is -2.27. The van der Waals surface area contributed by atoms with Gasteiger partial charge in [-0.15, -0.1) is 11.3 Å². The Hall–Kier alpha value is -3.11. The lowest BCUT2D eigenvalue weighted by atomic mass is 9.93. The highest BCUT2D eigenvalue weighted by molar-refractivity contribution is 7.18. The third kappa shape index (κ3) is 3.44. The summed E-state index contributed by atoms with van der Waals surface area (Å²) < 4.78 is 0.944. The van der Waals surface area contributed by atoms with Gasteiger partial charge in [0.05, 0.1) is 28.5 Å². The number of rotatable bonds is 5. The van der Waals surface area contributed by atoms with Crippen LogP contribution in [0.15, 0.2) is 48.7 Å². The van der Waals surface area contributed by atoms with Crippen molar-refractivity contribution in [2.24, 2.45) is 5.92 Å². The summed E-state index contributed by atoms with van der Waals surface area (Å²) in [5.41, 5.74) is 1.56. The quantitative estimate of drug-likeness (QED) is 0.683. The van der Waals surface area contributed by atoms with Crippen LogP contribution < -0.4 is 0 Å². The number of nitriles is 1. The van der Waals surface area contributed by atoms with Gasteiger partial charge in [0.25, 0.3) is 0 Å². The van der Waals surface area contributed by atoms with Gasteiger partial charge in [-0.05, 0) is 24.3 Å². The number of likely N-dealkylation sites (tertiary alicyclic amines) is 1. The van der Waals surface area contributed by atoms with Crippen molar-refractivity contribution in [1.82, 2.24) is 14.9 Å². The molecule has 1 saturated heterocycles. The molecule has 27 heavy (non-hydrogen) atoms. The molecule has 0 bridgehead atoms. The van der Waals surface area contributed by atoms with Gasteiger partial charge in [0.15, 0.2) is 11.7 Å². The molecule has 2 aromatic heterocycles. The lowest BCUT2D eigenvalue weighted by molar-refractivity contribution is -0.129. The molecule has 1 aliphatic rings. The molecule has 2 atom stereocenters. The Labute approximate surface area is 160 Å². The third-order valence-corrected chi connectivity index (χ3v) is 5.77. The molecule has 0 radical (unpaired) electrons. The van der Waals surface area contributed by atoms with Crippen molar-refractivity contribution in [2.45, 2.75) is 18.9 Å². The summed E-state index contributed by atoms with van der Waals surface area (Å²) in [6, 6.07) is 15.2. The van der Waals surface area contributed by atoms with Crippen LogP contribution >= 0.6 is 11.3 Å². The second kappa shape index (κ2) is 7.25. The molecule has 3 heterocycles. The first-order valence-electron chi connectivity index (χ1n) is 8.62. The summed E-state index contributed by atoms with van der Waals surface area (Å²) in [6.07, 6.45) is 1.81. The molecule has 0 saturated carbocycles. The Kier molecular flexibility index (Phi) is 4.65. The smallest absolute Gasteiger partial charge is 0.223 e. The van der Waals surface area contributed by atoms with Crippen LogP contribution in [0, 0.1) is 17.2 Å². The number of nitrogens with zero attached hydrogens (tertiary/aromatic N) is 4. The van der Waals surface area contributed by atoms with E-state index in [1.165, 1.54) is 11.3 Å². The van der Waals surface area contributed by atoms with Gasteiger partial charge in [0.2, 0.25) is 5.91 Å². The molecule has 6 nitrogen and oxygen atoms in total. The summed E-state index contributed by atoms with van der Waals surface area (Å²) in [4.78, 5) is 35.6. The number of carbonyl (C=O) groups is 2. The second-order valence-electron chi connectivity index (χ2n) is 6.48. The molecule has 0 aliphatic carbocycles. The van der Waals surface area contributed by atoms with Gasteiger partial charge in [-0.25, -0.2) is 4.98 Å². The summed E-state index contributed by atoms with van der Waals surface area (Å²) in [7, 11) is 0. The minimum Gasteiger partial charge on any atom is -0.336 e. The van der Waals surface area contributed by atoms with Crippen LogP contribution in [0.4, 0.5) is 0 Å². The van der Waals surface area contributed by atoms with E-state index in [4.69, 9.17) is 0 Å². The molecule has 0 spiro atoms. The Morgan fingerprint density at radius 2 is 2.11 bits per heavy atom. The van der Waals surface area contributed by atoms with Gasteiger partial charge in [-0.2, -0.15) is 5.26 Å². The fraction of sp³-hybridized carbons (Fsp3) is 0.250. The molecule has 1 fully saturated rings. The molecule has 7 heteroatoms. The van der Waals surface area contributed by atoms with Crippen molar-refractivity contribution >= 4 is 33.2 Å². The van der Waals surface area contributed by atoms with Crippen LogP contribution in [0.3, 0.4) is 0 Å². The highest BCUT2D eigenvalue weighted by Crippen LogP contribution is 2.32. The molecular formula is C20H16N4O2S. The Bertz CT molecular complexity index is 1010. The molecule has 134 valence electrons. The van der Waals surface area contributed by atoms with Crippen molar-refractivity contribution < 1.29 is 9.59 Å². The number of carbonyl (C=O) groups excluding carboxylic acids is 2. The van der Waals surface area contributed by atoms with Gasteiger partial charge in [-0.1, -0.05) is 18.2 Å². The Morgan fingerprint density at radius 3 is 2.85 bits per heavy atom. The van der Waals surface area contributed by atoms with E-state index in [0.29, 0.717) is 18.1 Å². The normalized spacial score (nSPS) is 17.8. The van der Waals surface area contributed by atoms with Gasteiger partial charge >= 0.3 is 0 Å². The summed E-state index contributed by atoms with van der Waals surface area (Å²) in [5, 5.41) is 10.1. The predicted octanol–water partition coefficient (Wildman–Crippen LogP) is 2.92. The summed E-state index contributed by atoms with van der Waals surface area (Å²) in [5.74, 6) is -1.73. The minimum absolute atomic E-state index is 0.0833. The summed E-state index contributed by atoms with van der Waals surface area (Å²) >= 11 is 1.36. The standard InChI is InChI=1S/C20H16N4O2S/c21-10-15(20-23-16-6-1-2-7-17(16)27-20)19(26)13-9-18(25)24(11-13)12-14-5-3-4-8-22-14/h1-8,13,15H,9,11-12H2/t13-,15-/m1/s1. The molecule has 1 aliphatic heterocycles. The molecular weight excluding hydrogens is 360 g/mol. The first-order chi connectivity index (χ1) is 13.2. The maximum Gasteiger partial charge on any atom is 0.223 e. The largest absolute Gasteiger partial charge is 0.336 e. The molecule has 4 rings (SSSR count). The van der Waals surface area contributed by atoms with Crippen molar-refractivity contribution in [1.29, 1.82) is 5.26 Å². The maximum absolute atomic E-state index is 12.9. The van der Waals surface area contributed by atoms with Crippen molar-refractivity contribution in [2.75, 3.05) is 6.54 Å². The minimum atomic E-state index is -0.935. The van der Waals surface area contributed by atoms with E-state index >= 15 is 0 Å². The van der Waals surface area contributed by atoms with E-state index < -0.39 is 11.8 Å². The van der Waals surface area contributed by atoms with Gasteiger partial charge in [-0.3, -0.25) is 14.6 Å². The number of Topliss-reactive ketones (excluding diaryl/α,β-unsaturated/α-hetero) is 1. The lowest BCUT2D eigenvalue weighted by Gasteiger charge is -2.16. The number of fused-ring (bicyclic) bond motifs is 1. The zero-order chi connectivity index (χ0) is 18.8. The number of thiazole rings is 1. The van der Waals surface area contributed by atoms with E-state index in [1.54, 1.807) is 11.1 Å². The van der Waals surface area contributed by atoms with Crippen LogP contribution in [0.1, 0.15) is 23.0 Å². The number of benzene rings is 1. The van der Waals surface area contributed by atoms with Crippen LogP contribution in [0.25, 0.3) is 10.2 Å². The Balaban J connectivity index is 1.51. The molecule has 3 aromatic rings. The molecule has 1 amide bonds. The fourth-order valence-electron chi connectivity index (χ4n) is 3.29. The first-order valence-corrected chi connectivity index (χ1v) is 9.44.